The van der Waals surface area contributed by atoms with Gasteiger partial charge in [0.1, 0.15) is 16.0 Å². The second kappa shape index (κ2) is 11.5. The number of sulfonamides is 1. The van der Waals surface area contributed by atoms with Crippen LogP contribution in [0.3, 0.4) is 0 Å². The number of para-hydroxylation sites is 1. The minimum Gasteiger partial charge on any atom is -0.486 e. The Balaban J connectivity index is 1.74. The highest BCUT2D eigenvalue weighted by molar-refractivity contribution is 7.91. The number of aliphatic hydroxyl groups excluding tert-OH is 1. The molecular weight excluding hydrogens is 542 g/mol. The third-order valence-corrected chi connectivity index (χ3v) is 9.97. The van der Waals surface area contributed by atoms with Crippen molar-refractivity contribution in [2.24, 2.45) is 13.0 Å². The average molecular weight is 576 g/mol. The lowest BCUT2D eigenvalue weighted by atomic mass is 9.99. The second-order valence-corrected chi connectivity index (χ2v) is 13.0. The molecule has 3 heterocycles. The topological polar surface area (TPSA) is 134 Å². The summed E-state index contributed by atoms with van der Waals surface area (Å²) in [7, 11) is -0.609. The first-order valence-electron chi connectivity index (χ1n) is 12.5. The Kier molecular flexibility index (Phi) is 8.45. The lowest BCUT2D eigenvalue weighted by Gasteiger charge is -2.38. The van der Waals surface area contributed by atoms with E-state index in [2.05, 4.69) is 10.4 Å². The van der Waals surface area contributed by atoms with E-state index < -0.39 is 28.1 Å². The quantitative estimate of drug-likeness (QED) is 0.422. The lowest BCUT2D eigenvalue weighted by Crippen LogP contribution is -2.50. The minimum atomic E-state index is -3.76. The number of benzene rings is 1. The van der Waals surface area contributed by atoms with Crippen molar-refractivity contribution in [3.63, 3.8) is 0 Å². The number of likely N-dealkylation sites (N-methyl/N-ethyl adjacent to an activating group) is 1. The molecule has 1 aliphatic rings. The average Bonchev–Trinajstić information content (AvgIpc) is 3.56. The Bertz CT molecular complexity index is 1450. The van der Waals surface area contributed by atoms with E-state index in [1.54, 1.807) is 67.6 Å². The van der Waals surface area contributed by atoms with Gasteiger partial charge in [-0.05, 0) is 43.5 Å². The van der Waals surface area contributed by atoms with Gasteiger partial charge in [-0.2, -0.15) is 9.40 Å². The maximum absolute atomic E-state index is 13.6. The molecule has 2 aromatic heterocycles. The van der Waals surface area contributed by atoms with Crippen LogP contribution in [0.4, 0.5) is 5.69 Å². The number of hydrogen-bond acceptors (Lipinski definition) is 8. The van der Waals surface area contributed by atoms with Crippen molar-refractivity contribution in [3.05, 3.63) is 58.7 Å². The van der Waals surface area contributed by atoms with Crippen molar-refractivity contribution in [1.29, 1.82) is 0 Å². The zero-order valence-electron chi connectivity index (χ0n) is 22.5. The zero-order valence-corrected chi connectivity index (χ0v) is 24.1. The largest absolute Gasteiger partial charge is 0.486 e. The van der Waals surface area contributed by atoms with Crippen LogP contribution in [-0.4, -0.2) is 83.2 Å². The molecule has 0 saturated heterocycles. The molecule has 11 nitrogen and oxygen atoms in total. The molecule has 2 N–H and O–H groups in total. The third-order valence-electron chi connectivity index (χ3n) is 6.77. The fourth-order valence-corrected chi connectivity index (χ4v) is 6.87. The van der Waals surface area contributed by atoms with E-state index in [4.69, 9.17) is 4.74 Å². The van der Waals surface area contributed by atoms with Gasteiger partial charge in [-0.3, -0.25) is 14.3 Å². The van der Waals surface area contributed by atoms with E-state index in [0.717, 1.165) is 11.3 Å². The van der Waals surface area contributed by atoms with Crippen molar-refractivity contribution in [1.82, 2.24) is 19.0 Å². The van der Waals surface area contributed by atoms with Crippen LogP contribution in [-0.2, 0) is 17.1 Å². The Hall–Kier alpha value is -3.26. The first-order chi connectivity index (χ1) is 18.4. The van der Waals surface area contributed by atoms with E-state index in [1.165, 1.54) is 16.0 Å². The normalized spacial score (nSPS) is 18.7. The molecule has 3 aromatic rings. The standard InChI is InChI=1S/C26H33N5O6S2/c1-16-13-31(18(3)15-32)26(34)19-8-6-9-20(27-25(33)21-12-17(2)28-30(21)5)24(19)37-22(16)14-29(4)39(35,36)23-10-7-11-38-23/h6-12,16,18,22,32H,13-15H2,1-5H3,(H,27,33)/t16-,18+,22+/m1/s1. The predicted octanol–water partition coefficient (Wildman–Crippen LogP) is 2.58. The predicted molar refractivity (Wildman–Crippen MR) is 148 cm³/mol. The number of ether oxygens (including phenoxy) is 1. The number of aliphatic hydroxyl groups is 1. The number of fused-ring (bicyclic) bond motifs is 1. The molecule has 39 heavy (non-hydrogen) atoms. The number of thiophene rings is 1. The molecule has 0 fully saturated rings. The lowest BCUT2D eigenvalue weighted by molar-refractivity contribution is 0.0388. The number of rotatable bonds is 8. The summed E-state index contributed by atoms with van der Waals surface area (Å²) in [5, 5.41) is 18.6. The molecule has 0 saturated carbocycles. The first kappa shape index (κ1) is 28.7. The molecule has 3 atom stereocenters. The van der Waals surface area contributed by atoms with Crippen molar-refractivity contribution < 1.29 is 27.9 Å². The Morgan fingerprint density at radius 2 is 2.08 bits per heavy atom. The zero-order chi connectivity index (χ0) is 28.5. The minimum absolute atomic E-state index is 0.000414. The molecular formula is C26H33N5O6S2. The highest BCUT2D eigenvalue weighted by Gasteiger charge is 2.36. The van der Waals surface area contributed by atoms with Gasteiger partial charge in [0.2, 0.25) is 0 Å². The second-order valence-electron chi connectivity index (χ2n) is 9.77. The summed E-state index contributed by atoms with van der Waals surface area (Å²) in [6.07, 6.45) is -0.679. The van der Waals surface area contributed by atoms with Gasteiger partial charge in [-0.15, -0.1) is 11.3 Å². The maximum Gasteiger partial charge on any atom is 0.274 e. The van der Waals surface area contributed by atoms with E-state index in [1.807, 2.05) is 6.92 Å². The number of anilines is 1. The molecule has 0 spiro atoms. The molecule has 0 unspecified atom stereocenters. The van der Waals surface area contributed by atoms with Crippen molar-refractivity contribution in [2.75, 3.05) is 32.1 Å². The van der Waals surface area contributed by atoms with Crippen LogP contribution in [0.2, 0.25) is 0 Å². The van der Waals surface area contributed by atoms with Gasteiger partial charge < -0.3 is 20.1 Å². The van der Waals surface area contributed by atoms with Crippen LogP contribution >= 0.6 is 11.3 Å². The molecule has 1 aliphatic heterocycles. The van der Waals surface area contributed by atoms with Crippen LogP contribution < -0.4 is 10.1 Å². The number of aryl methyl sites for hydroxylation is 2. The van der Waals surface area contributed by atoms with Crippen LogP contribution in [0.1, 0.15) is 40.4 Å². The highest BCUT2D eigenvalue weighted by Crippen LogP contribution is 2.35. The molecule has 4 rings (SSSR count). The summed E-state index contributed by atoms with van der Waals surface area (Å²) < 4.78 is 35.7. The van der Waals surface area contributed by atoms with E-state index in [-0.39, 0.29) is 52.7 Å². The van der Waals surface area contributed by atoms with Crippen molar-refractivity contribution >= 4 is 38.9 Å². The molecule has 13 heteroatoms. The number of hydrogen-bond donors (Lipinski definition) is 2. The fraction of sp³-hybridized carbons (Fsp3) is 0.423. The summed E-state index contributed by atoms with van der Waals surface area (Å²) in [5.41, 5.74) is 1.47. The Morgan fingerprint density at radius 1 is 1.33 bits per heavy atom. The molecule has 0 radical (unpaired) electrons. The number of carbonyl (C=O) groups is 2. The van der Waals surface area contributed by atoms with Gasteiger partial charge in [-0.25, -0.2) is 8.42 Å². The number of amides is 2. The number of carbonyl (C=O) groups excluding carboxylic acids is 2. The summed E-state index contributed by atoms with van der Waals surface area (Å²) in [6, 6.07) is 9.24. The Morgan fingerprint density at radius 3 is 2.69 bits per heavy atom. The summed E-state index contributed by atoms with van der Waals surface area (Å²) in [5.74, 6) is -0.972. The van der Waals surface area contributed by atoms with Crippen LogP contribution in [0.25, 0.3) is 0 Å². The Labute approximate surface area is 232 Å². The fourth-order valence-electron chi connectivity index (χ4n) is 4.48. The number of nitrogens with zero attached hydrogens (tertiary/aromatic N) is 4. The van der Waals surface area contributed by atoms with Gasteiger partial charge in [-0.1, -0.05) is 19.1 Å². The van der Waals surface area contributed by atoms with Gasteiger partial charge >= 0.3 is 0 Å². The smallest absolute Gasteiger partial charge is 0.274 e. The van der Waals surface area contributed by atoms with Crippen LogP contribution in [0, 0.1) is 12.8 Å². The highest BCUT2D eigenvalue weighted by atomic mass is 32.2. The van der Waals surface area contributed by atoms with Gasteiger partial charge in [0, 0.05) is 26.6 Å². The molecule has 2 amide bonds. The maximum atomic E-state index is 13.6. The van der Waals surface area contributed by atoms with E-state index in [9.17, 15) is 23.1 Å². The van der Waals surface area contributed by atoms with Crippen LogP contribution in [0.15, 0.2) is 46.0 Å². The summed E-state index contributed by atoms with van der Waals surface area (Å²) in [6.45, 7) is 5.38. The third kappa shape index (κ3) is 5.86. The van der Waals surface area contributed by atoms with Gasteiger partial charge in [0.15, 0.2) is 5.75 Å². The number of nitrogens with one attached hydrogen (secondary N) is 1. The number of aromatic nitrogens is 2. The molecule has 0 bridgehead atoms. The van der Waals surface area contributed by atoms with Gasteiger partial charge in [0.25, 0.3) is 21.8 Å². The monoisotopic (exact) mass is 575 g/mol. The van der Waals surface area contributed by atoms with E-state index >= 15 is 0 Å². The van der Waals surface area contributed by atoms with Crippen LogP contribution in [0.5, 0.6) is 5.75 Å². The van der Waals surface area contributed by atoms with E-state index in [0.29, 0.717) is 11.4 Å². The summed E-state index contributed by atoms with van der Waals surface area (Å²) in [4.78, 5) is 28.3. The molecule has 1 aromatic carbocycles. The van der Waals surface area contributed by atoms with Gasteiger partial charge in [0.05, 0.1) is 36.1 Å². The van der Waals surface area contributed by atoms with Crippen molar-refractivity contribution in [2.45, 2.75) is 37.1 Å². The molecule has 0 aliphatic carbocycles. The molecule has 210 valence electrons. The van der Waals surface area contributed by atoms with Crippen molar-refractivity contribution in [3.8, 4) is 5.75 Å². The SMILES string of the molecule is Cc1cc(C(=O)Nc2cccc3c2O[C@@H](CN(C)S(=O)(=O)c2cccs2)[C@H](C)CN([C@@H](C)CO)C3=O)n(C)n1. The summed E-state index contributed by atoms with van der Waals surface area (Å²) >= 11 is 1.13. The first-order valence-corrected chi connectivity index (χ1v) is 14.8.